The van der Waals surface area contributed by atoms with Gasteiger partial charge in [0.25, 0.3) is 0 Å². The number of carbonyl (C=O) groups is 2. The van der Waals surface area contributed by atoms with Crippen LogP contribution >= 0.6 is 0 Å². The van der Waals surface area contributed by atoms with Crippen LogP contribution < -0.4 is 15.5 Å². The zero-order chi connectivity index (χ0) is 24.1. The third-order valence-corrected chi connectivity index (χ3v) is 5.80. The summed E-state index contributed by atoms with van der Waals surface area (Å²) in [5, 5.41) is 6.10. The molecule has 4 rings (SSSR count). The quantitative estimate of drug-likeness (QED) is 0.524. The number of benzene rings is 2. The molecule has 3 aromatic rings. The molecule has 1 fully saturated rings. The van der Waals surface area contributed by atoms with E-state index in [1.165, 1.54) is 17.9 Å². The second-order valence-corrected chi connectivity index (χ2v) is 8.30. The van der Waals surface area contributed by atoms with Crippen molar-refractivity contribution in [3.8, 4) is 11.1 Å². The van der Waals surface area contributed by atoms with Gasteiger partial charge in [-0.05, 0) is 53.9 Å². The van der Waals surface area contributed by atoms with E-state index < -0.39 is 18.0 Å². The van der Waals surface area contributed by atoms with E-state index in [2.05, 4.69) is 22.5 Å². The number of anilines is 1. The van der Waals surface area contributed by atoms with Gasteiger partial charge in [-0.1, -0.05) is 24.3 Å². The first-order valence-electron chi connectivity index (χ1n) is 11.2. The zero-order valence-corrected chi connectivity index (χ0v) is 19.1. The molecule has 0 radical (unpaired) electrons. The Balaban J connectivity index is 1.39. The number of pyridine rings is 1. The van der Waals surface area contributed by atoms with Gasteiger partial charge in [-0.15, -0.1) is 0 Å². The number of hydrogen-bond acceptors (Lipinski definition) is 5. The van der Waals surface area contributed by atoms with E-state index >= 15 is 0 Å². The average Bonchev–Trinajstić information content (AvgIpc) is 3.22. The Hall–Kier alpha value is -3.78. The molecule has 0 bridgehead atoms. The Morgan fingerprint density at radius 1 is 1.18 bits per heavy atom. The molecule has 0 aliphatic carbocycles. The van der Waals surface area contributed by atoms with Crippen LogP contribution in [0.4, 0.5) is 14.9 Å². The van der Waals surface area contributed by atoms with Crippen molar-refractivity contribution in [3.63, 3.8) is 0 Å². The largest absolute Gasteiger partial charge is 0.442 e. The number of ether oxygens (including phenoxy) is 1. The van der Waals surface area contributed by atoms with Gasteiger partial charge < -0.3 is 15.4 Å². The highest BCUT2D eigenvalue weighted by molar-refractivity contribution is 5.90. The average molecular weight is 463 g/mol. The molecule has 2 N–H and O–H groups in total. The topological polar surface area (TPSA) is 83.6 Å². The normalized spacial score (nSPS) is 16.3. The number of hydrogen-bond donors (Lipinski definition) is 2. The summed E-state index contributed by atoms with van der Waals surface area (Å²) in [5.41, 5.74) is 3.88. The number of amides is 2. The molecule has 0 saturated carbocycles. The zero-order valence-electron chi connectivity index (χ0n) is 19.1. The van der Waals surface area contributed by atoms with Crippen molar-refractivity contribution in [1.82, 2.24) is 15.6 Å². The Morgan fingerprint density at radius 2 is 1.91 bits per heavy atom. The SMILES string of the molecule is CC(=O)NCC1CN(c2ccc(-c3ccc(CNC(C)c4ccncc4)cc3)c(F)c2)C(=O)O1. The molecule has 2 amide bonds. The monoisotopic (exact) mass is 462 g/mol. The summed E-state index contributed by atoms with van der Waals surface area (Å²) in [4.78, 5) is 28.7. The van der Waals surface area contributed by atoms with Gasteiger partial charge >= 0.3 is 6.09 Å². The minimum Gasteiger partial charge on any atom is -0.442 e. The third-order valence-electron chi connectivity index (χ3n) is 5.80. The molecule has 2 aromatic carbocycles. The lowest BCUT2D eigenvalue weighted by Crippen LogP contribution is -2.33. The molecule has 2 unspecified atom stereocenters. The van der Waals surface area contributed by atoms with Crippen molar-refractivity contribution in [3.05, 3.63) is 83.9 Å². The Kier molecular flexibility index (Phi) is 7.18. The molecule has 1 aromatic heterocycles. The molecule has 7 nitrogen and oxygen atoms in total. The number of carbonyl (C=O) groups excluding carboxylic acids is 2. The minimum absolute atomic E-state index is 0.183. The highest BCUT2D eigenvalue weighted by atomic mass is 19.1. The van der Waals surface area contributed by atoms with Crippen LogP contribution in [-0.4, -0.2) is 36.2 Å². The first-order chi connectivity index (χ1) is 16.4. The number of cyclic esters (lactones) is 1. The van der Waals surface area contributed by atoms with Gasteiger partial charge in [-0.25, -0.2) is 9.18 Å². The summed E-state index contributed by atoms with van der Waals surface area (Å²) in [5.74, 6) is -0.622. The maximum Gasteiger partial charge on any atom is 0.414 e. The molecule has 8 heteroatoms. The van der Waals surface area contributed by atoms with Crippen molar-refractivity contribution in [2.45, 2.75) is 32.5 Å². The van der Waals surface area contributed by atoms with E-state index in [1.807, 2.05) is 36.4 Å². The van der Waals surface area contributed by atoms with Crippen molar-refractivity contribution >= 4 is 17.7 Å². The van der Waals surface area contributed by atoms with Crippen LogP contribution in [0.15, 0.2) is 67.0 Å². The summed E-state index contributed by atoms with van der Waals surface area (Å²) in [6, 6.07) is 16.6. The predicted octanol–water partition coefficient (Wildman–Crippen LogP) is 4.20. The third kappa shape index (κ3) is 5.58. The molecule has 1 aliphatic rings. The lowest BCUT2D eigenvalue weighted by Gasteiger charge is -2.15. The van der Waals surface area contributed by atoms with Crippen LogP contribution in [0.2, 0.25) is 0 Å². The van der Waals surface area contributed by atoms with E-state index in [-0.39, 0.29) is 25.0 Å². The maximum absolute atomic E-state index is 15.0. The van der Waals surface area contributed by atoms with E-state index in [9.17, 15) is 14.0 Å². The van der Waals surface area contributed by atoms with Crippen LogP contribution in [0, 0.1) is 5.82 Å². The number of rotatable bonds is 8. The number of halogens is 1. The summed E-state index contributed by atoms with van der Waals surface area (Å²) in [7, 11) is 0. The van der Waals surface area contributed by atoms with Crippen LogP contribution in [0.1, 0.15) is 31.0 Å². The Bertz CT molecular complexity index is 1150. The van der Waals surface area contributed by atoms with E-state index in [0.717, 1.165) is 16.7 Å². The summed E-state index contributed by atoms with van der Waals surface area (Å²) >= 11 is 0. The molecule has 2 heterocycles. The molecular formula is C26H27FN4O3. The number of nitrogens with zero attached hydrogens (tertiary/aromatic N) is 2. The predicted molar refractivity (Wildman–Crippen MR) is 128 cm³/mol. The number of aromatic nitrogens is 1. The summed E-state index contributed by atoms with van der Waals surface area (Å²) < 4.78 is 20.2. The smallest absolute Gasteiger partial charge is 0.414 e. The van der Waals surface area contributed by atoms with Crippen molar-refractivity contribution in [2.75, 3.05) is 18.0 Å². The summed E-state index contributed by atoms with van der Waals surface area (Å²) in [6.07, 6.45) is 2.53. The van der Waals surface area contributed by atoms with Gasteiger partial charge in [-0.2, -0.15) is 0 Å². The van der Waals surface area contributed by atoms with Crippen LogP contribution in [0.25, 0.3) is 11.1 Å². The van der Waals surface area contributed by atoms with Gasteiger partial charge in [0, 0.05) is 37.5 Å². The van der Waals surface area contributed by atoms with Gasteiger partial charge in [0.15, 0.2) is 0 Å². The molecule has 0 spiro atoms. The molecule has 1 aliphatic heterocycles. The van der Waals surface area contributed by atoms with E-state index in [1.54, 1.807) is 24.5 Å². The van der Waals surface area contributed by atoms with Gasteiger partial charge in [0.1, 0.15) is 11.9 Å². The molecule has 176 valence electrons. The first kappa shape index (κ1) is 23.4. The number of nitrogens with one attached hydrogen (secondary N) is 2. The first-order valence-corrected chi connectivity index (χ1v) is 11.2. The van der Waals surface area contributed by atoms with E-state index in [4.69, 9.17) is 4.74 Å². The lowest BCUT2D eigenvalue weighted by molar-refractivity contribution is -0.119. The standard InChI is InChI=1S/C26H27FN4O3/c1-17(20-9-11-28-12-10-20)29-14-19-3-5-21(6-4-19)24-8-7-22(13-25(24)27)31-16-23(34-26(31)33)15-30-18(2)32/h3-13,17,23,29H,14-16H2,1-2H3,(H,30,32). The van der Waals surface area contributed by atoms with Gasteiger partial charge in [-0.3, -0.25) is 14.7 Å². The van der Waals surface area contributed by atoms with Crippen LogP contribution in [-0.2, 0) is 16.1 Å². The fourth-order valence-electron chi connectivity index (χ4n) is 3.85. The second kappa shape index (κ2) is 10.4. The second-order valence-electron chi connectivity index (χ2n) is 8.30. The molecular weight excluding hydrogens is 435 g/mol. The van der Waals surface area contributed by atoms with Crippen molar-refractivity contribution < 1.29 is 18.7 Å². The summed E-state index contributed by atoms with van der Waals surface area (Å²) in [6.45, 7) is 4.65. The molecule has 34 heavy (non-hydrogen) atoms. The minimum atomic E-state index is -0.555. The van der Waals surface area contributed by atoms with Crippen LogP contribution in [0.3, 0.4) is 0 Å². The molecule has 1 saturated heterocycles. The molecule has 2 atom stereocenters. The fourth-order valence-corrected chi connectivity index (χ4v) is 3.85. The fraction of sp³-hybridized carbons (Fsp3) is 0.269. The Morgan fingerprint density at radius 3 is 2.59 bits per heavy atom. The van der Waals surface area contributed by atoms with Crippen molar-refractivity contribution in [2.24, 2.45) is 0 Å². The Labute approximate surface area is 198 Å². The van der Waals surface area contributed by atoms with Crippen molar-refractivity contribution in [1.29, 1.82) is 0 Å². The highest BCUT2D eigenvalue weighted by Gasteiger charge is 2.32. The van der Waals surface area contributed by atoms with Gasteiger partial charge in [0.05, 0.1) is 18.8 Å². The van der Waals surface area contributed by atoms with Gasteiger partial charge in [0.2, 0.25) is 5.91 Å². The van der Waals surface area contributed by atoms with Crippen LogP contribution in [0.5, 0.6) is 0 Å². The van der Waals surface area contributed by atoms with E-state index in [0.29, 0.717) is 17.8 Å². The highest BCUT2D eigenvalue weighted by Crippen LogP contribution is 2.29. The maximum atomic E-state index is 15.0. The lowest BCUT2D eigenvalue weighted by atomic mass is 10.0.